The number of rotatable bonds is 2. The lowest BCUT2D eigenvalue weighted by atomic mass is 10.2. The standard InChI is InChI=1S/C15H10BrClN2O/c16-13-14(10-4-2-1-3-5-10)18-19(15(13)20)12-8-6-11(17)7-9-12/h1-9,18H. The number of H-pyrrole nitrogens is 1. The third-order valence-corrected chi connectivity index (χ3v) is 3.97. The van der Waals surface area contributed by atoms with E-state index in [0.717, 1.165) is 16.9 Å². The zero-order valence-corrected chi connectivity index (χ0v) is 12.6. The van der Waals surface area contributed by atoms with E-state index in [1.807, 2.05) is 30.3 Å². The first-order valence-corrected chi connectivity index (χ1v) is 7.16. The molecule has 0 radical (unpaired) electrons. The molecule has 0 fully saturated rings. The minimum Gasteiger partial charge on any atom is -0.289 e. The van der Waals surface area contributed by atoms with E-state index in [0.29, 0.717) is 9.50 Å². The van der Waals surface area contributed by atoms with Gasteiger partial charge in [0.15, 0.2) is 0 Å². The molecule has 1 aromatic heterocycles. The molecule has 0 aliphatic carbocycles. The van der Waals surface area contributed by atoms with E-state index in [-0.39, 0.29) is 5.56 Å². The Labute approximate surface area is 128 Å². The van der Waals surface area contributed by atoms with Crippen LogP contribution in [0.2, 0.25) is 5.02 Å². The fourth-order valence-electron chi connectivity index (χ4n) is 1.98. The average Bonchev–Trinajstić information content (AvgIpc) is 2.77. The highest BCUT2D eigenvalue weighted by molar-refractivity contribution is 9.10. The third-order valence-electron chi connectivity index (χ3n) is 2.98. The maximum atomic E-state index is 12.3. The van der Waals surface area contributed by atoms with Crippen molar-refractivity contribution >= 4 is 27.5 Å². The van der Waals surface area contributed by atoms with E-state index in [9.17, 15) is 4.79 Å². The van der Waals surface area contributed by atoms with Crippen molar-refractivity contribution < 1.29 is 0 Å². The molecular weight excluding hydrogens is 340 g/mol. The number of hydrogen-bond donors (Lipinski definition) is 1. The molecule has 0 bridgehead atoms. The second-order valence-electron chi connectivity index (χ2n) is 4.28. The molecule has 100 valence electrons. The number of nitrogens with zero attached hydrogens (tertiary/aromatic N) is 1. The number of hydrogen-bond acceptors (Lipinski definition) is 1. The van der Waals surface area contributed by atoms with E-state index in [4.69, 9.17) is 11.6 Å². The van der Waals surface area contributed by atoms with Crippen LogP contribution >= 0.6 is 27.5 Å². The molecule has 1 heterocycles. The van der Waals surface area contributed by atoms with Gasteiger partial charge in [0, 0.05) is 10.6 Å². The van der Waals surface area contributed by atoms with Gasteiger partial charge in [0.1, 0.15) is 4.47 Å². The van der Waals surface area contributed by atoms with Crippen LogP contribution in [0.4, 0.5) is 0 Å². The van der Waals surface area contributed by atoms with Crippen molar-refractivity contribution in [2.24, 2.45) is 0 Å². The number of aromatic amines is 1. The SMILES string of the molecule is O=c1c(Br)c(-c2ccccc2)[nH]n1-c1ccc(Cl)cc1. The molecule has 3 rings (SSSR count). The molecule has 0 amide bonds. The molecule has 0 atom stereocenters. The van der Waals surface area contributed by atoms with Gasteiger partial charge in [0.25, 0.3) is 5.56 Å². The van der Waals surface area contributed by atoms with Crippen LogP contribution < -0.4 is 5.56 Å². The zero-order valence-electron chi connectivity index (χ0n) is 10.3. The first-order chi connectivity index (χ1) is 9.66. The monoisotopic (exact) mass is 348 g/mol. The van der Waals surface area contributed by atoms with E-state index < -0.39 is 0 Å². The molecule has 0 saturated heterocycles. The molecular formula is C15H10BrClN2O. The summed E-state index contributed by atoms with van der Waals surface area (Å²) in [7, 11) is 0. The first-order valence-electron chi connectivity index (χ1n) is 5.98. The third kappa shape index (κ3) is 2.32. The Hall–Kier alpha value is -1.78. The maximum absolute atomic E-state index is 12.3. The minimum absolute atomic E-state index is 0.133. The number of benzene rings is 2. The molecule has 0 aliphatic heterocycles. The van der Waals surface area contributed by atoms with Crippen LogP contribution in [-0.2, 0) is 0 Å². The Balaban J connectivity index is 2.16. The Bertz CT molecular complexity index is 791. The van der Waals surface area contributed by atoms with Gasteiger partial charge in [-0.2, -0.15) is 0 Å². The van der Waals surface area contributed by atoms with Crippen LogP contribution in [0, 0.1) is 0 Å². The second kappa shape index (κ2) is 5.31. The summed E-state index contributed by atoms with van der Waals surface area (Å²) < 4.78 is 2.00. The van der Waals surface area contributed by atoms with Gasteiger partial charge in [-0.05, 0) is 40.2 Å². The summed E-state index contributed by atoms with van der Waals surface area (Å²) in [5, 5.41) is 3.75. The van der Waals surface area contributed by atoms with E-state index in [1.54, 1.807) is 24.3 Å². The summed E-state index contributed by atoms with van der Waals surface area (Å²) in [6.07, 6.45) is 0. The smallest absolute Gasteiger partial charge is 0.286 e. The second-order valence-corrected chi connectivity index (χ2v) is 5.51. The molecule has 0 aliphatic rings. The molecule has 0 spiro atoms. The molecule has 1 N–H and O–H groups in total. The summed E-state index contributed by atoms with van der Waals surface area (Å²) in [5.74, 6) is 0. The van der Waals surface area contributed by atoms with Crippen LogP contribution in [-0.4, -0.2) is 9.78 Å². The Morgan fingerprint density at radius 3 is 2.30 bits per heavy atom. The number of halogens is 2. The zero-order chi connectivity index (χ0) is 14.1. The van der Waals surface area contributed by atoms with Gasteiger partial charge in [-0.25, -0.2) is 4.68 Å². The maximum Gasteiger partial charge on any atom is 0.286 e. The summed E-state index contributed by atoms with van der Waals surface area (Å²) in [6.45, 7) is 0. The van der Waals surface area contributed by atoms with Crippen molar-refractivity contribution in [2.45, 2.75) is 0 Å². The van der Waals surface area contributed by atoms with Crippen molar-refractivity contribution in [3.05, 3.63) is 74.4 Å². The normalized spacial score (nSPS) is 10.7. The van der Waals surface area contributed by atoms with Crippen molar-refractivity contribution in [3.8, 4) is 16.9 Å². The lowest BCUT2D eigenvalue weighted by Gasteiger charge is -2.02. The minimum atomic E-state index is -0.133. The average molecular weight is 350 g/mol. The number of aromatic nitrogens is 2. The van der Waals surface area contributed by atoms with Crippen LogP contribution in [0.3, 0.4) is 0 Å². The molecule has 0 unspecified atom stereocenters. The van der Waals surface area contributed by atoms with E-state index in [1.165, 1.54) is 4.68 Å². The van der Waals surface area contributed by atoms with Crippen LogP contribution in [0.15, 0.2) is 63.9 Å². The summed E-state index contributed by atoms with van der Waals surface area (Å²) in [4.78, 5) is 12.3. The summed E-state index contributed by atoms with van der Waals surface area (Å²) in [5.41, 5.74) is 2.31. The largest absolute Gasteiger partial charge is 0.289 e. The van der Waals surface area contributed by atoms with Gasteiger partial charge >= 0.3 is 0 Å². The van der Waals surface area contributed by atoms with Crippen molar-refractivity contribution in [3.63, 3.8) is 0 Å². The predicted octanol–water partition coefficient (Wildman–Crippen LogP) is 4.25. The predicted molar refractivity (Wildman–Crippen MR) is 84.5 cm³/mol. The van der Waals surface area contributed by atoms with Gasteiger partial charge in [0.2, 0.25) is 0 Å². The lowest BCUT2D eigenvalue weighted by molar-refractivity contribution is 0.852. The van der Waals surface area contributed by atoms with Crippen LogP contribution in [0.25, 0.3) is 16.9 Å². The van der Waals surface area contributed by atoms with Gasteiger partial charge < -0.3 is 0 Å². The van der Waals surface area contributed by atoms with Crippen molar-refractivity contribution in [1.82, 2.24) is 9.78 Å². The number of nitrogens with one attached hydrogen (secondary N) is 1. The molecule has 3 nitrogen and oxygen atoms in total. The highest BCUT2D eigenvalue weighted by atomic mass is 79.9. The molecule has 20 heavy (non-hydrogen) atoms. The molecule has 2 aromatic carbocycles. The van der Waals surface area contributed by atoms with Crippen molar-refractivity contribution in [1.29, 1.82) is 0 Å². The highest BCUT2D eigenvalue weighted by Crippen LogP contribution is 2.24. The Morgan fingerprint density at radius 1 is 1.00 bits per heavy atom. The van der Waals surface area contributed by atoms with Crippen LogP contribution in [0.5, 0.6) is 0 Å². The molecule has 3 aromatic rings. The fourth-order valence-corrected chi connectivity index (χ4v) is 2.61. The van der Waals surface area contributed by atoms with Gasteiger partial charge in [-0.3, -0.25) is 9.89 Å². The van der Waals surface area contributed by atoms with Crippen LogP contribution in [0.1, 0.15) is 0 Å². The quantitative estimate of drug-likeness (QED) is 0.738. The Kier molecular flexibility index (Phi) is 3.51. The lowest BCUT2D eigenvalue weighted by Crippen LogP contribution is -2.14. The molecule has 0 saturated carbocycles. The molecule has 5 heteroatoms. The topological polar surface area (TPSA) is 37.8 Å². The van der Waals surface area contributed by atoms with Gasteiger partial charge in [-0.1, -0.05) is 41.9 Å². The van der Waals surface area contributed by atoms with Gasteiger partial charge in [0.05, 0.1) is 11.4 Å². The summed E-state index contributed by atoms with van der Waals surface area (Å²) >= 11 is 9.22. The Morgan fingerprint density at radius 2 is 1.65 bits per heavy atom. The van der Waals surface area contributed by atoms with Gasteiger partial charge in [-0.15, -0.1) is 0 Å². The summed E-state index contributed by atoms with van der Waals surface area (Å²) in [6, 6.07) is 16.8. The highest BCUT2D eigenvalue weighted by Gasteiger charge is 2.14. The van der Waals surface area contributed by atoms with E-state index >= 15 is 0 Å². The fraction of sp³-hybridized carbons (Fsp3) is 0. The first kappa shape index (κ1) is 13.2. The van der Waals surface area contributed by atoms with E-state index in [2.05, 4.69) is 21.0 Å². The van der Waals surface area contributed by atoms with Crippen molar-refractivity contribution in [2.75, 3.05) is 0 Å².